The number of carbonyl (C=O) groups is 1. The Balaban J connectivity index is 1.70. The number of carbonyl (C=O) groups excluding carboxylic acids is 1. The van der Waals surface area contributed by atoms with Gasteiger partial charge in [-0.3, -0.25) is 0 Å². The van der Waals surface area contributed by atoms with Gasteiger partial charge in [-0.1, -0.05) is 54.1 Å². The molecule has 1 aromatic heterocycles. The first kappa shape index (κ1) is 21.3. The number of thiocarbonyl (C=S) groups is 1. The van der Waals surface area contributed by atoms with Crippen molar-refractivity contribution in [2.45, 2.75) is 19.9 Å². The van der Waals surface area contributed by atoms with Gasteiger partial charge in [-0.05, 0) is 48.5 Å². The highest BCUT2D eigenvalue weighted by Gasteiger charge is 2.18. The number of rotatable bonds is 7. The molecule has 0 aliphatic heterocycles. The molecule has 0 bridgehead atoms. The van der Waals surface area contributed by atoms with Crippen LogP contribution in [-0.2, 0) is 17.7 Å². The van der Waals surface area contributed by atoms with Gasteiger partial charge in [0.25, 0.3) is 0 Å². The van der Waals surface area contributed by atoms with E-state index in [1.807, 2.05) is 48.5 Å². The first-order chi connectivity index (χ1) is 14.0. The molecule has 0 saturated heterocycles. The van der Waals surface area contributed by atoms with Crippen molar-refractivity contribution in [3.63, 3.8) is 0 Å². The highest BCUT2D eigenvalue weighted by molar-refractivity contribution is 7.80. The summed E-state index contributed by atoms with van der Waals surface area (Å²) in [6.45, 7) is 2.67. The van der Waals surface area contributed by atoms with Gasteiger partial charge in [0.05, 0.1) is 12.2 Å². The fourth-order valence-electron chi connectivity index (χ4n) is 2.71. The van der Waals surface area contributed by atoms with Gasteiger partial charge in [-0.25, -0.2) is 4.79 Å². The fraction of sp³-hybridized carbons (Fsp3) is 0.182. The van der Waals surface area contributed by atoms with Crippen LogP contribution >= 0.6 is 35.2 Å². The fourth-order valence-corrected chi connectivity index (χ4v) is 4.16. The topological polar surface area (TPSA) is 50.4 Å². The Morgan fingerprint density at radius 2 is 1.83 bits per heavy atom. The zero-order chi connectivity index (χ0) is 20.6. The molecule has 150 valence electrons. The molecule has 0 amide bonds. The Morgan fingerprint density at radius 1 is 1.10 bits per heavy atom. The second-order valence-corrected chi connectivity index (χ2v) is 8.25. The highest BCUT2D eigenvalue weighted by atomic mass is 35.5. The van der Waals surface area contributed by atoms with Crippen LogP contribution < -0.4 is 10.6 Å². The van der Waals surface area contributed by atoms with E-state index in [0.717, 1.165) is 16.9 Å². The van der Waals surface area contributed by atoms with E-state index in [9.17, 15) is 4.79 Å². The monoisotopic (exact) mass is 444 g/mol. The quantitative estimate of drug-likeness (QED) is 0.364. The number of hydrogen-bond acceptors (Lipinski definition) is 4. The third-order valence-corrected chi connectivity index (χ3v) is 5.64. The lowest BCUT2D eigenvalue weighted by Crippen LogP contribution is -2.28. The van der Waals surface area contributed by atoms with Crippen molar-refractivity contribution in [1.29, 1.82) is 0 Å². The average Bonchev–Trinajstić information content (AvgIpc) is 3.10. The number of hydrogen-bond donors (Lipinski definition) is 2. The Morgan fingerprint density at radius 3 is 2.52 bits per heavy atom. The largest absolute Gasteiger partial charge is 0.462 e. The Hall–Kier alpha value is -2.41. The molecule has 0 atom stereocenters. The lowest BCUT2D eigenvalue weighted by molar-refractivity contribution is 0.0528. The standard InChI is InChI=1S/C22H21ClN2O2S2/c1-2-27-21(26)19-13-18(12-15-6-4-3-5-7-15)29-20(19)25-22(28)24-14-16-8-10-17(23)11-9-16/h3-11,13H,2,12,14H2,1H3,(H2,24,25,28). The molecule has 2 aromatic carbocycles. The summed E-state index contributed by atoms with van der Waals surface area (Å²) in [5.41, 5.74) is 2.73. The summed E-state index contributed by atoms with van der Waals surface area (Å²) in [5, 5.41) is 8.12. The third kappa shape index (κ3) is 6.29. The molecular weight excluding hydrogens is 424 g/mol. The zero-order valence-electron chi connectivity index (χ0n) is 15.9. The molecule has 3 aromatic rings. The van der Waals surface area contributed by atoms with E-state index in [1.165, 1.54) is 16.9 Å². The molecule has 0 fully saturated rings. The predicted molar refractivity (Wildman–Crippen MR) is 124 cm³/mol. The van der Waals surface area contributed by atoms with Gasteiger partial charge >= 0.3 is 5.97 Å². The van der Waals surface area contributed by atoms with Crippen LogP contribution in [0.3, 0.4) is 0 Å². The van der Waals surface area contributed by atoms with E-state index >= 15 is 0 Å². The van der Waals surface area contributed by atoms with Crippen molar-refractivity contribution in [3.05, 3.63) is 87.3 Å². The lowest BCUT2D eigenvalue weighted by Gasteiger charge is -2.10. The number of nitrogens with one attached hydrogen (secondary N) is 2. The molecule has 0 spiro atoms. The first-order valence-corrected chi connectivity index (χ1v) is 10.8. The maximum Gasteiger partial charge on any atom is 0.341 e. The van der Waals surface area contributed by atoms with Crippen molar-refractivity contribution < 1.29 is 9.53 Å². The van der Waals surface area contributed by atoms with Crippen LogP contribution in [0.5, 0.6) is 0 Å². The normalized spacial score (nSPS) is 10.4. The van der Waals surface area contributed by atoms with Crippen molar-refractivity contribution in [2.75, 3.05) is 11.9 Å². The summed E-state index contributed by atoms with van der Waals surface area (Å²) in [6.07, 6.45) is 0.741. The average molecular weight is 445 g/mol. The van der Waals surface area contributed by atoms with Crippen molar-refractivity contribution >= 4 is 51.2 Å². The minimum absolute atomic E-state index is 0.321. The summed E-state index contributed by atoms with van der Waals surface area (Å²) < 4.78 is 5.21. The van der Waals surface area contributed by atoms with Crippen molar-refractivity contribution in [2.24, 2.45) is 0 Å². The van der Waals surface area contributed by atoms with E-state index < -0.39 is 0 Å². The molecule has 1 heterocycles. The third-order valence-electron chi connectivity index (χ3n) is 4.09. The maximum absolute atomic E-state index is 12.4. The van der Waals surface area contributed by atoms with Gasteiger partial charge in [-0.15, -0.1) is 11.3 Å². The van der Waals surface area contributed by atoms with Gasteiger partial charge in [0.15, 0.2) is 5.11 Å². The summed E-state index contributed by atoms with van der Waals surface area (Å²) >= 11 is 12.8. The number of halogens is 1. The molecule has 2 N–H and O–H groups in total. The van der Waals surface area contributed by atoms with Gasteiger partial charge < -0.3 is 15.4 Å². The van der Waals surface area contributed by atoms with Crippen molar-refractivity contribution in [3.8, 4) is 0 Å². The molecule has 7 heteroatoms. The molecule has 4 nitrogen and oxygen atoms in total. The molecular formula is C22H21ClN2O2S2. The number of esters is 1. The second-order valence-electron chi connectivity index (χ2n) is 6.27. The van der Waals surface area contributed by atoms with Crippen LogP contribution in [0.1, 0.15) is 33.3 Å². The summed E-state index contributed by atoms with van der Waals surface area (Å²) in [4.78, 5) is 13.4. The summed E-state index contributed by atoms with van der Waals surface area (Å²) in [7, 11) is 0. The van der Waals surface area contributed by atoms with E-state index in [2.05, 4.69) is 22.8 Å². The Bertz CT molecular complexity index is 972. The van der Waals surface area contributed by atoms with E-state index in [1.54, 1.807) is 6.92 Å². The molecule has 0 saturated carbocycles. The number of thiophene rings is 1. The molecule has 3 rings (SSSR count). The second kappa shape index (κ2) is 10.4. The van der Waals surface area contributed by atoms with Crippen molar-refractivity contribution in [1.82, 2.24) is 5.32 Å². The van der Waals surface area contributed by atoms with Gasteiger partial charge in [0.2, 0.25) is 0 Å². The van der Waals surface area contributed by atoms with E-state index in [-0.39, 0.29) is 5.97 Å². The molecule has 0 unspecified atom stereocenters. The zero-order valence-corrected chi connectivity index (χ0v) is 18.3. The van der Waals surface area contributed by atoms with Gasteiger partial charge in [0.1, 0.15) is 5.00 Å². The van der Waals surface area contributed by atoms with Gasteiger partial charge in [-0.2, -0.15) is 0 Å². The smallest absolute Gasteiger partial charge is 0.341 e. The van der Waals surface area contributed by atoms with Crippen LogP contribution in [0.25, 0.3) is 0 Å². The van der Waals surface area contributed by atoms with E-state index in [0.29, 0.717) is 33.9 Å². The predicted octanol–water partition coefficient (Wildman–Crippen LogP) is 5.66. The van der Waals surface area contributed by atoms with E-state index in [4.69, 9.17) is 28.6 Å². The number of benzene rings is 2. The van der Waals surface area contributed by atoms with Gasteiger partial charge in [0, 0.05) is 22.9 Å². The molecule has 0 aliphatic rings. The number of anilines is 1. The van der Waals surface area contributed by atoms with Crippen LogP contribution in [0, 0.1) is 0 Å². The Kier molecular flexibility index (Phi) is 7.63. The van der Waals surface area contributed by atoms with Crippen LogP contribution in [-0.4, -0.2) is 17.7 Å². The molecule has 0 radical (unpaired) electrons. The maximum atomic E-state index is 12.4. The lowest BCUT2D eigenvalue weighted by atomic mass is 10.1. The highest BCUT2D eigenvalue weighted by Crippen LogP contribution is 2.30. The Labute approximate surface area is 184 Å². The van der Waals surface area contributed by atoms with Crippen LogP contribution in [0.2, 0.25) is 5.02 Å². The SMILES string of the molecule is CCOC(=O)c1cc(Cc2ccccc2)sc1NC(=S)NCc1ccc(Cl)cc1. The van der Waals surface area contributed by atoms with Crippen LogP contribution in [0.15, 0.2) is 60.7 Å². The number of ether oxygens (including phenoxy) is 1. The molecule has 29 heavy (non-hydrogen) atoms. The molecule has 0 aliphatic carbocycles. The first-order valence-electron chi connectivity index (χ1n) is 9.18. The minimum Gasteiger partial charge on any atom is -0.462 e. The summed E-state index contributed by atoms with van der Waals surface area (Å²) in [6, 6.07) is 19.5. The van der Waals surface area contributed by atoms with Crippen LogP contribution in [0.4, 0.5) is 5.00 Å². The minimum atomic E-state index is -0.355. The summed E-state index contributed by atoms with van der Waals surface area (Å²) in [5.74, 6) is -0.355.